The first kappa shape index (κ1) is 23.0. The quantitative estimate of drug-likeness (QED) is 0.497. The first-order valence-electron chi connectivity index (χ1n) is 11.4. The maximum atomic E-state index is 13.2. The van der Waals surface area contributed by atoms with Gasteiger partial charge in [-0.3, -0.25) is 10.1 Å². The van der Waals surface area contributed by atoms with Crippen molar-refractivity contribution in [2.75, 3.05) is 17.7 Å². The molecule has 3 aromatic rings. The van der Waals surface area contributed by atoms with Crippen molar-refractivity contribution >= 4 is 35.4 Å². The van der Waals surface area contributed by atoms with Crippen molar-refractivity contribution in [1.82, 2.24) is 4.90 Å². The summed E-state index contributed by atoms with van der Waals surface area (Å²) in [7, 11) is 0. The Morgan fingerprint density at radius 3 is 2.37 bits per heavy atom. The summed E-state index contributed by atoms with van der Waals surface area (Å²) in [5, 5.41) is 11.8. The van der Waals surface area contributed by atoms with E-state index in [1.165, 1.54) is 29.0 Å². The van der Waals surface area contributed by atoms with Crippen LogP contribution in [-0.4, -0.2) is 51.8 Å². The molecule has 2 N–H and O–H groups in total. The molecule has 0 bridgehead atoms. The number of aliphatic carboxylic acids is 1. The molecule has 9 heteroatoms. The van der Waals surface area contributed by atoms with Crippen molar-refractivity contribution in [2.24, 2.45) is 0 Å². The summed E-state index contributed by atoms with van der Waals surface area (Å²) in [6, 6.07) is 16.6. The van der Waals surface area contributed by atoms with Gasteiger partial charge in [0.05, 0.1) is 17.3 Å². The van der Waals surface area contributed by atoms with Crippen LogP contribution in [-0.2, 0) is 9.53 Å². The molecule has 2 unspecified atom stereocenters. The van der Waals surface area contributed by atoms with Crippen molar-refractivity contribution in [3.63, 3.8) is 0 Å². The SMILES string of the molecule is CCC1SCC(C(=O)O)N1C(=O)c1occc1NC(=O)OCC1c2ccccc2-c2ccccc21. The second-order valence-electron chi connectivity index (χ2n) is 8.38. The highest BCUT2D eigenvalue weighted by molar-refractivity contribution is 8.00. The molecule has 180 valence electrons. The van der Waals surface area contributed by atoms with Gasteiger partial charge in [-0.2, -0.15) is 0 Å². The summed E-state index contributed by atoms with van der Waals surface area (Å²) >= 11 is 1.41. The number of nitrogens with one attached hydrogen (secondary N) is 1. The van der Waals surface area contributed by atoms with Crippen molar-refractivity contribution < 1.29 is 28.6 Å². The highest BCUT2D eigenvalue weighted by Gasteiger charge is 2.42. The van der Waals surface area contributed by atoms with Gasteiger partial charge in [0, 0.05) is 17.7 Å². The van der Waals surface area contributed by atoms with E-state index < -0.39 is 24.0 Å². The van der Waals surface area contributed by atoms with Crippen LogP contribution in [0.2, 0.25) is 0 Å². The van der Waals surface area contributed by atoms with Crippen LogP contribution in [0.25, 0.3) is 11.1 Å². The summed E-state index contributed by atoms with van der Waals surface area (Å²) in [4.78, 5) is 38.9. The second kappa shape index (κ2) is 9.50. The van der Waals surface area contributed by atoms with Gasteiger partial charge >= 0.3 is 12.1 Å². The van der Waals surface area contributed by atoms with E-state index in [2.05, 4.69) is 17.4 Å². The third-order valence-corrected chi connectivity index (χ3v) is 7.85. The molecule has 0 radical (unpaired) electrons. The van der Waals surface area contributed by atoms with E-state index in [1.54, 1.807) is 0 Å². The number of anilines is 1. The fraction of sp³-hybridized carbons (Fsp3) is 0.269. The fourth-order valence-corrected chi connectivity index (χ4v) is 6.12. The number of hydrogen-bond donors (Lipinski definition) is 2. The number of carbonyl (C=O) groups excluding carboxylic acids is 2. The van der Waals surface area contributed by atoms with Crippen LogP contribution in [0.5, 0.6) is 0 Å². The van der Waals surface area contributed by atoms with Gasteiger partial charge in [-0.15, -0.1) is 11.8 Å². The normalized spacial score (nSPS) is 18.7. The van der Waals surface area contributed by atoms with Gasteiger partial charge in [0.1, 0.15) is 12.6 Å². The standard InChI is InChI=1S/C26H24N2O6S/c1-2-22-28(21(14-35-22)25(30)31)24(29)23-20(11-12-33-23)27-26(32)34-13-19-17-9-5-3-7-15(17)16-8-4-6-10-18(16)19/h3-12,19,21-22H,2,13-14H2,1H3,(H,27,32)(H,30,31). The van der Waals surface area contributed by atoms with E-state index >= 15 is 0 Å². The zero-order valence-electron chi connectivity index (χ0n) is 19.0. The molecule has 1 saturated heterocycles. The van der Waals surface area contributed by atoms with Crippen LogP contribution in [0.4, 0.5) is 10.5 Å². The number of carboxylic acids is 1. The van der Waals surface area contributed by atoms with E-state index in [-0.39, 0.29) is 29.3 Å². The van der Waals surface area contributed by atoms with E-state index in [9.17, 15) is 19.5 Å². The summed E-state index contributed by atoms with van der Waals surface area (Å²) in [6.45, 7) is 2.02. The van der Waals surface area contributed by atoms with Crippen LogP contribution in [0, 0.1) is 0 Å². The molecule has 2 atom stereocenters. The molecule has 2 amide bonds. The molecule has 2 heterocycles. The van der Waals surface area contributed by atoms with Crippen LogP contribution in [0.1, 0.15) is 40.9 Å². The highest BCUT2D eigenvalue weighted by Crippen LogP contribution is 2.44. The lowest BCUT2D eigenvalue weighted by molar-refractivity contribution is -0.141. The van der Waals surface area contributed by atoms with Crippen molar-refractivity contribution in [2.45, 2.75) is 30.7 Å². The zero-order chi connectivity index (χ0) is 24.5. The average Bonchev–Trinajstić information content (AvgIpc) is 3.58. The number of hydrogen-bond acceptors (Lipinski definition) is 6. The van der Waals surface area contributed by atoms with Gasteiger partial charge in [0.25, 0.3) is 5.91 Å². The van der Waals surface area contributed by atoms with Gasteiger partial charge in [0.2, 0.25) is 5.76 Å². The van der Waals surface area contributed by atoms with E-state index in [0.29, 0.717) is 12.2 Å². The number of fused-ring (bicyclic) bond motifs is 3. The number of carbonyl (C=O) groups is 3. The van der Waals surface area contributed by atoms with Gasteiger partial charge in [-0.1, -0.05) is 55.5 Å². The summed E-state index contributed by atoms with van der Waals surface area (Å²) in [6.07, 6.45) is 1.15. The van der Waals surface area contributed by atoms with E-state index in [4.69, 9.17) is 9.15 Å². The summed E-state index contributed by atoms with van der Waals surface area (Å²) in [5.74, 6) is -1.56. The molecular weight excluding hydrogens is 468 g/mol. The number of thioether (sulfide) groups is 1. The van der Waals surface area contributed by atoms with Gasteiger partial charge in [-0.25, -0.2) is 9.59 Å². The molecule has 35 heavy (non-hydrogen) atoms. The van der Waals surface area contributed by atoms with Crippen molar-refractivity contribution in [3.8, 4) is 11.1 Å². The second-order valence-corrected chi connectivity index (χ2v) is 9.59. The topological polar surface area (TPSA) is 109 Å². The maximum absolute atomic E-state index is 13.2. The molecule has 1 fully saturated rings. The lowest BCUT2D eigenvalue weighted by Gasteiger charge is -2.26. The van der Waals surface area contributed by atoms with Crippen LogP contribution in [0.15, 0.2) is 65.3 Å². The first-order chi connectivity index (χ1) is 17.0. The molecule has 1 aliphatic heterocycles. The minimum Gasteiger partial charge on any atom is -0.480 e. The predicted molar refractivity (Wildman–Crippen MR) is 132 cm³/mol. The Kier molecular flexibility index (Phi) is 6.25. The number of rotatable bonds is 6. The Balaban J connectivity index is 1.29. The van der Waals surface area contributed by atoms with Gasteiger partial charge < -0.3 is 19.2 Å². The summed E-state index contributed by atoms with van der Waals surface area (Å²) < 4.78 is 10.9. The lowest BCUT2D eigenvalue weighted by Crippen LogP contribution is -2.45. The predicted octanol–water partition coefficient (Wildman–Crippen LogP) is 5.02. The highest BCUT2D eigenvalue weighted by atomic mass is 32.2. The largest absolute Gasteiger partial charge is 0.480 e. The molecule has 0 saturated carbocycles. The molecule has 1 aromatic heterocycles. The molecule has 2 aromatic carbocycles. The average molecular weight is 493 g/mol. The summed E-state index contributed by atoms with van der Waals surface area (Å²) in [5.41, 5.74) is 4.58. The molecule has 1 aliphatic carbocycles. The van der Waals surface area contributed by atoms with E-state index in [0.717, 1.165) is 22.3 Å². The van der Waals surface area contributed by atoms with Gasteiger partial charge in [0.15, 0.2) is 0 Å². The number of amides is 2. The Labute approximate surface area is 206 Å². The number of nitrogens with zero attached hydrogens (tertiary/aromatic N) is 1. The smallest absolute Gasteiger partial charge is 0.411 e. The molecule has 5 rings (SSSR count). The molecular formula is C26H24N2O6S. The maximum Gasteiger partial charge on any atom is 0.411 e. The fourth-order valence-electron chi connectivity index (χ4n) is 4.78. The Morgan fingerprint density at radius 1 is 1.09 bits per heavy atom. The van der Waals surface area contributed by atoms with Gasteiger partial charge in [-0.05, 0) is 28.7 Å². The lowest BCUT2D eigenvalue weighted by atomic mass is 9.98. The third-order valence-electron chi connectivity index (χ3n) is 6.40. The van der Waals surface area contributed by atoms with Crippen LogP contribution in [0.3, 0.4) is 0 Å². The number of carboxylic acid groups (broad SMARTS) is 1. The van der Waals surface area contributed by atoms with Crippen molar-refractivity contribution in [3.05, 3.63) is 77.7 Å². The first-order valence-corrected chi connectivity index (χ1v) is 12.4. The molecule has 8 nitrogen and oxygen atoms in total. The van der Waals surface area contributed by atoms with E-state index in [1.807, 2.05) is 43.3 Å². The Hall–Kier alpha value is -3.72. The Morgan fingerprint density at radius 2 is 1.74 bits per heavy atom. The Bertz CT molecular complexity index is 1240. The molecule has 0 spiro atoms. The van der Waals surface area contributed by atoms with Crippen LogP contribution >= 0.6 is 11.8 Å². The minimum atomic E-state index is -1.07. The number of ether oxygens (including phenoxy) is 1. The number of furan rings is 1. The minimum absolute atomic E-state index is 0.0955. The third kappa shape index (κ3) is 4.16. The van der Waals surface area contributed by atoms with Crippen molar-refractivity contribution in [1.29, 1.82) is 0 Å². The molecule has 2 aliphatic rings. The van der Waals surface area contributed by atoms with Crippen LogP contribution < -0.4 is 5.32 Å². The zero-order valence-corrected chi connectivity index (χ0v) is 19.8. The number of benzene rings is 2. The monoisotopic (exact) mass is 492 g/mol.